The van der Waals surface area contributed by atoms with Crippen LogP contribution in [0, 0.1) is 0 Å². The Hall–Kier alpha value is -3.53. The Morgan fingerprint density at radius 1 is 1.18 bits per heavy atom. The molecule has 1 amide bonds. The number of carbonyl (C=O) groups is 1. The minimum absolute atomic E-state index is 0.214. The number of hydrogen-bond donors (Lipinski definition) is 2. The average Bonchev–Trinajstić information content (AvgIpc) is 2.78. The summed E-state index contributed by atoms with van der Waals surface area (Å²) in [4.78, 5) is 39.6. The summed E-state index contributed by atoms with van der Waals surface area (Å²) < 4.78 is 11.1. The van der Waals surface area contributed by atoms with E-state index in [2.05, 4.69) is 25.2 Å². The SMILES string of the molecule is COc1cc(N2CCN(C(=O)OC(C)(C)C)CC2)ccc1Nc1nc(Cl)cc2nc[nH]c(=O)c12. The standard InChI is InChI=1S/C23H27ClN6O4/c1-23(2,3)34-22(32)30-9-7-29(8-10-30)14-5-6-15(17(11-14)33-4)27-20-19-16(12-18(24)28-20)25-13-26-21(19)31/h5-6,11-13H,7-10H2,1-4H3,(H,27,28)(H,25,26,31). The number of fused-ring (bicyclic) bond motifs is 1. The third-order valence-electron chi connectivity index (χ3n) is 5.33. The number of piperazine rings is 1. The van der Waals surface area contributed by atoms with Crippen LogP contribution < -0.4 is 20.5 Å². The van der Waals surface area contributed by atoms with Crippen LogP contribution in [0.4, 0.5) is 22.0 Å². The number of pyridine rings is 1. The van der Waals surface area contributed by atoms with E-state index in [1.165, 1.54) is 12.4 Å². The van der Waals surface area contributed by atoms with E-state index in [9.17, 15) is 9.59 Å². The number of ether oxygens (including phenoxy) is 2. The molecule has 1 aromatic carbocycles. The van der Waals surface area contributed by atoms with Crippen molar-refractivity contribution in [3.8, 4) is 5.75 Å². The zero-order chi connectivity index (χ0) is 24.5. The lowest BCUT2D eigenvalue weighted by atomic mass is 10.2. The molecule has 34 heavy (non-hydrogen) atoms. The van der Waals surface area contributed by atoms with Crippen LogP contribution in [0.25, 0.3) is 10.9 Å². The number of carbonyl (C=O) groups excluding carboxylic acids is 1. The fourth-order valence-electron chi connectivity index (χ4n) is 3.73. The van der Waals surface area contributed by atoms with Gasteiger partial charge in [0.1, 0.15) is 27.7 Å². The van der Waals surface area contributed by atoms with Gasteiger partial charge >= 0.3 is 6.09 Å². The quantitative estimate of drug-likeness (QED) is 0.536. The second-order valence-corrected chi connectivity index (χ2v) is 9.27. The lowest BCUT2D eigenvalue weighted by Crippen LogP contribution is -2.50. The van der Waals surface area contributed by atoms with Gasteiger partial charge in [0.05, 0.1) is 24.6 Å². The van der Waals surface area contributed by atoms with Gasteiger partial charge in [0, 0.05) is 44.0 Å². The van der Waals surface area contributed by atoms with Gasteiger partial charge in [0.2, 0.25) is 0 Å². The maximum atomic E-state index is 12.4. The average molecular weight is 487 g/mol. The van der Waals surface area contributed by atoms with Gasteiger partial charge in [0.15, 0.2) is 0 Å². The first kappa shape index (κ1) is 23.6. The molecule has 0 radical (unpaired) electrons. The zero-order valence-electron chi connectivity index (χ0n) is 19.5. The minimum atomic E-state index is -0.519. The Morgan fingerprint density at radius 3 is 2.59 bits per heavy atom. The fourth-order valence-corrected chi connectivity index (χ4v) is 3.92. The van der Waals surface area contributed by atoms with E-state index < -0.39 is 5.60 Å². The van der Waals surface area contributed by atoms with E-state index in [-0.39, 0.29) is 22.6 Å². The third kappa shape index (κ3) is 5.17. The second-order valence-electron chi connectivity index (χ2n) is 8.88. The van der Waals surface area contributed by atoms with Crippen molar-refractivity contribution >= 4 is 45.8 Å². The van der Waals surface area contributed by atoms with E-state index in [1.807, 2.05) is 39.0 Å². The van der Waals surface area contributed by atoms with Crippen molar-refractivity contribution in [1.82, 2.24) is 19.9 Å². The molecule has 2 N–H and O–H groups in total. The van der Waals surface area contributed by atoms with Crippen LogP contribution in [-0.4, -0.2) is 64.8 Å². The molecule has 1 aliphatic heterocycles. The number of aromatic nitrogens is 3. The lowest BCUT2D eigenvalue weighted by Gasteiger charge is -2.37. The summed E-state index contributed by atoms with van der Waals surface area (Å²) in [5, 5.41) is 3.67. The number of halogens is 1. The smallest absolute Gasteiger partial charge is 0.410 e. The molecule has 3 aromatic rings. The molecule has 2 aromatic heterocycles. The molecule has 0 aliphatic carbocycles. The molecular formula is C23H27ClN6O4. The summed E-state index contributed by atoms with van der Waals surface area (Å²) in [5.74, 6) is 0.858. The van der Waals surface area contributed by atoms with Crippen molar-refractivity contribution in [2.24, 2.45) is 0 Å². The van der Waals surface area contributed by atoms with E-state index >= 15 is 0 Å². The predicted octanol–water partition coefficient (Wildman–Crippen LogP) is 3.78. The normalized spacial score (nSPS) is 14.3. The monoisotopic (exact) mass is 486 g/mol. The van der Waals surface area contributed by atoms with Crippen LogP contribution in [-0.2, 0) is 4.74 Å². The van der Waals surface area contributed by atoms with Crippen LogP contribution >= 0.6 is 11.6 Å². The number of anilines is 3. The first-order chi connectivity index (χ1) is 16.1. The van der Waals surface area contributed by atoms with Crippen LogP contribution in [0.15, 0.2) is 35.4 Å². The maximum absolute atomic E-state index is 12.4. The van der Waals surface area contributed by atoms with E-state index in [4.69, 9.17) is 21.1 Å². The molecule has 0 unspecified atom stereocenters. The number of H-pyrrole nitrogens is 1. The number of hydrogen-bond acceptors (Lipinski definition) is 8. The van der Waals surface area contributed by atoms with Gasteiger partial charge in [-0.05, 0) is 32.9 Å². The second kappa shape index (κ2) is 9.38. The number of aromatic amines is 1. The summed E-state index contributed by atoms with van der Waals surface area (Å²) in [6, 6.07) is 7.24. The minimum Gasteiger partial charge on any atom is -0.494 e. The van der Waals surface area contributed by atoms with Gasteiger partial charge in [-0.3, -0.25) is 4.79 Å². The summed E-state index contributed by atoms with van der Waals surface area (Å²) >= 11 is 6.13. The van der Waals surface area contributed by atoms with E-state index in [0.717, 1.165) is 5.69 Å². The molecular weight excluding hydrogens is 460 g/mol. The summed E-state index contributed by atoms with van der Waals surface area (Å²) in [6.07, 6.45) is 1.03. The Balaban J connectivity index is 1.52. The van der Waals surface area contributed by atoms with Crippen molar-refractivity contribution in [2.75, 3.05) is 43.5 Å². The molecule has 180 valence electrons. The van der Waals surface area contributed by atoms with Crippen LogP contribution in [0.1, 0.15) is 20.8 Å². The molecule has 10 nitrogen and oxygen atoms in total. The van der Waals surface area contributed by atoms with Crippen molar-refractivity contribution in [1.29, 1.82) is 0 Å². The van der Waals surface area contributed by atoms with Gasteiger partial charge in [-0.25, -0.2) is 14.8 Å². The fraction of sp³-hybridized carbons (Fsp3) is 0.391. The number of benzene rings is 1. The zero-order valence-corrected chi connectivity index (χ0v) is 20.3. The maximum Gasteiger partial charge on any atom is 0.410 e. The highest BCUT2D eigenvalue weighted by Crippen LogP contribution is 2.33. The molecule has 0 spiro atoms. The molecule has 1 aliphatic rings. The van der Waals surface area contributed by atoms with Crippen molar-refractivity contribution < 1.29 is 14.3 Å². The van der Waals surface area contributed by atoms with Gasteiger partial charge < -0.3 is 29.6 Å². The van der Waals surface area contributed by atoms with E-state index in [1.54, 1.807) is 12.0 Å². The van der Waals surface area contributed by atoms with Gasteiger partial charge in [0.25, 0.3) is 5.56 Å². The van der Waals surface area contributed by atoms with Crippen LogP contribution in [0.5, 0.6) is 5.75 Å². The largest absolute Gasteiger partial charge is 0.494 e. The Morgan fingerprint density at radius 2 is 1.91 bits per heavy atom. The van der Waals surface area contributed by atoms with Crippen molar-refractivity contribution in [3.05, 3.63) is 46.1 Å². The van der Waals surface area contributed by atoms with Crippen molar-refractivity contribution in [2.45, 2.75) is 26.4 Å². The molecule has 1 fully saturated rings. The number of nitrogens with zero attached hydrogens (tertiary/aromatic N) is 4. The Bertz CT molecular complexity index is 1260. The Labute approximate surface area is 201 Å². The number of amides is 1. The molecule has 0 saturated carbocycles. The Kier molecular flexibility index (Phi) is 6.52. The summed E-state index contributed by atoms with van der Waals surface area (Å²) in [5.41, 5.74) is 1.17. The summed E-state index contributed by atoms with van der Waals surface area (Å²) in [6.45, 7) is 8.02. The first-order valence-electron chi connectivity index (χ1n) is 10.9. The van der Waals surface area contributed by atoms with Crippen molar-refractivity contribution in [3.63, 3.8) is 0 Å². The van der Waals surface area contributed by atoms with E-state index in [0.29, 0.717) is 48.5 Å². The predicted molar refractivity (Wildman–Crippen MR) is 131 cm³/mol. The first-order valence-corrected chi connectivity index (χ1v) is 11.2. The van der Waals surface area contributed by atoms with Crippen LogP contribution in [0.3, 0.4) is 0 Å². The lowest BCUT2D eigenvalue weighted by molar-refractivity contribution is 0.0240. The molecule has 3 heterocycles. The highest BCUT2D eigenvalue weighted by atomic mass is 35.5. The molecule has 4 rings (SSSR count). The number of nitrogens with one attached hydrogen (secondary N) is 2. The van der Waals surface area contributed by atoms with Gasteiger partial charge in [-0.2, -0.15) is 0 Å². The summed E-state index contributed by atoms with van der Waals surface area (Å²) in [7, 11) is 1.57. The number of methoxy groups -OCH3 is 1. The van der Waals surface area contributed by atoms with Gasteiger partial charge in [-0.15, -0.1) is 0 Å². The number of rotatable bonds is 4. The highest BCUT2D eigenvalue weighted by molar-refractivity contribution is 6.30. The third-order valence-corrected chi connectivity index (χ3v) is 5.52. The molecule has 1 saturated heterocycles. The molecule has 0 bridgehead atoms. The molecule has 0 atom stereocenters. The molecule has 11 heteroatoms. The van der Waals surface area contributed by atoms with Crippen LogP contribution in [0.2, 0.25) is 5.15 Å². The highest BCUT2D eigenvalue weighted by Gasteiger charge is 2.26. The topological polar surface area (TPSA) is 113 Å². The van der Waals surface area contributed by atoms with Gasteiger partial charge in [-0.1, -0.05) is 11.6 Å².